The second-order valence-electron chi connectivity index (χ2n) is 3.05. The average molecular weight is 195 g/mol. The van der Waals surface area contributed by atoms with Crippen molar-refractivity contribution in [1.82, 2.24) is 14.9 Å². The van der Waals surface area contributed by atoms with Gasteiger partial charge in [0.1, 0.15) is 5.82 Å². The van der Waals surface area contributed by atoms with E-state index in [0.29, 0.717) is 18.9 Å². The van der Waals surface area contributed by atoms with E-state index >= 15 is 0 Å². The van der Waals surface area contributed by atoms with Gasteiger partial charge < -0.3 is 5.11 Å². The second-order valence-corrected chi connectivity index (χ2v) is 3.05. The maximum Gasteiger partial charge on any atom is 0.304 e. The van der Waals surface area contributed by atoms with E-state index in [2.05, 4.69) is 9.97 Å². The van der Waals surface area contributed by atoms with Crippen molar-refractivity contribution < 1.29 is 9.90 Å². The van der Waals surface area contributed by atoms with Gasteiger partial charge in [-0.15, -0.1) is 0 Å². The normalized spacial score (nSPS) is 10.4. The number of hydrogen-bond acceptors (Lipinski definition) is 4. The van der Waals surface area contributed by atoms with Crippen LogP contribution in [0.5, 0.6) is 0 Å². The summed E-state index contributed by atoms with van der Waals surface area (Å²) in [6.07, 6.45) is 3.49. The zero-order chi connectivity index (χ0) is 10.4. The minimum Gasteiger partial charge on any atom is -0.481 e. The van der Waals surface area contributed by atoms with Crippen LogP contribution >= 0.6 is 0 Å². The molecule has 0 aromatic carbocycles. The van der Waals surface area contributed by atoms with Gasteiger partial charge in [0.05, 0.1) is 13.0 Å². The molecule has 14 heavy (non-hydrogen) atoms. The van der Waals surface area contributed by atoms with Crippen molar-refractivity contribution in [3.8, 4) is 0 Å². The van der Waals surface area contributed by atoms with Gasteiger partial charge in [-0.05, 0) is 13.1 Å². The molecule has 1 aromatic rings. The predicted octanol–water partition coefficient (Wildman–Crippen LogP) is 0.383. The molecule has 0 saturated carbocycles. The number of carboxylic acids is 1. The lowest BCUT2D eigenvalue weighted by Gasteiger charge is -2.13. The van der Waals surface area contributed by atoms with Crippen LogP contribution in [0.25, 0.3) is 0 Å². The summed E-state index contributed by atoms with van der Waals surface area (Å²) in [5, 5.41) is 8.47. The Balaban J connectivity index is 2.34. The highest BCUT2D eigenvalue weighted by Crippen LogP contribution is 1.95. The van der Waals surface area contributed by atoms with Crippen molar-refractivity contribution in [3.63, 3.8) is 0 Å². The molecule has 0 unspecified atom stereocenters. The molecular formula is C9H13N3O2. The molecule has 76 valence electrons. The van der Waals surface area contributed by atoms with Gasteiger partial charge in [-0.1, -0.05) is 0 Å². The van der Waals surface area contributed by atoms with Crippen LogP contribution in [0.2, 0.25) is 0 Å². The highest BCUT2D eigenvalue weighted by atomic mass is 16.4. The summed E-state index contributed by atoms with van der Waals surface area (Å²) in [7, 11) is 1.85. The van der Waals surface area contributed by atoms with Gasteiger partial charge in [0.15, 0.2) is 0 Å². The number of nitrogens with zero attached hydrogens (tertiary/aromatic N) is 3. The average Bonchev–Trinajstić information content (AvgIpc) is 2.16. The molecule has 0 amide bonds. The molecule has 1 N–H and O–H groups in total. The Kier molecular flexibility index (Phi) is 4.00. The van der Waals surface area contributed by atoms with Crippen molar-refractivity contribution in [2.24, 2.45) is 0 Å². The summed E-state index contributed by atoms with van der Waals surface area (Å²) in [6, 6.07) is 1.75. The van der Waals surface area contributed by atoms with Crippen LogP contribution < -0.4 is 0 Å². The van der Waals surface area contributed by atoms with E-state index in [-0.39, 0.29) is 6.42 Å². The van der Waals surface area contributed by atoms with Gasteiger partial charge in [-0.25, -0.2) is 9.97 Å². The van der Waals surface area contributed by atoms with E-state index < -0.39 is 5.97 Å². The van der Waals surface area contributed by atoms with Gasteiger partial charge in [-0.3, -0.25) is 9.69 Å². The Morgan fingerprint density at radius 1 is 1.50 bits per heavy atom. The van der Waals surface area contributed by atoms with E-state index in [0.717, 1.165) is 0 Å². The van der Waals surface area contributed by atoms with Gasteiger partial charge in [0.25, 0.3) is 0 Å². The van der Waals surface area contributed by atoms with Crippen molar-refractivity contribution in [1.29, 1.82) is 0 Å². The van der Waals surface area contributed by atoms with Crippen molar-refractivity contribution >= 4 is 5.97 Å². The van der Waals surface area contributed by atoms with Crippen LogP contribution in [-0.2, 0) is 11.3 Å². The topological polar surface area (TPSA) is 66.3 Å². The maximum atomic E-state index is 10.3. The summed E-state index contributed by atoms with van der Waals surface area (Å²) in [4.78, 5) is 20.3. The molecule has 1 heterocycles. The third kappa shape index (κ3) is 3.95. The maximum absolute atomic E-state index is 10.3. The molecule has 0 spiro atoms. The van der Waals surface area contributed by atoms with E-state index in [1.54, 1.807) is 18.5 Å². The van der Waals surface area contributed by atoms with Crippen molar-refractivity contribution in [2.75, 3.05) is 13.6 Å². The molecule has 0 aliphatic rings. The fourth-order valence-electron chi connectivity index (χ4n) is 1.02. The summed E-state index contributed by atoms with van der Waals surface area (Å²) in [6.45, 7) is 1.09. The number of rotatable bonds is 5. The summed E-state index contributed by atoms with van der Waals surface area (Å²) < 4.78 is 0. The molecule has 1 aromatic heterocycles. The van der Waals surface area contributed by atoms with Crippen molar-refractivity contribution in [3.05, 3.63) is 24.3 Å². The Morgan fingerprint density at radius 3 is 2.71 bits per heavy atom. The molecule has 5 heteroatoms. The molecule has 0 radical (unpaired) electrons. The lowest BCUT2D eigenvalue weighted by atomic mass is 10.4. The quantitative estimate of drug-likeness (QED) is 0.735. The largest absolute Gasteiger partial charge is 0.481 e. The first-order valence-electron chi connectivity index (χ1n) is 4.34. The fraction of sp³-hybridized carbons (Fsp3) is 0.444. The summed E-state index contributed by atoms with van der Waals surface area (Å²) in [5.74, 6) is -0.0776. The first-order valence-corrected chi connectivity index (χ1v) is 4.34. The summed E-state index contributed by atoms with van der Waals surface area (Å²) in [5.41, 5.74) is 0. The number of carbonyl (C=O) groups is 1. The highest BCUT2D eigenvalue weighted by molar-refractivity contribution is 5.66. The summed E-state index contributed by atoms with van der Waals surface area (Å²) >= 11 is 0. The Labute approximate surface area is 82.4 Å². The Morgan fingerprint density at radius 2 is 2.14 bits per heavy atom. The smallest absolute Gasteiger partial charge is 0.304 e. The number of carboxylic acid groups (broad SMARTS) is 1. The van der Waals surface area contributed by atoms with Gasteiger partial charge >= 0.3 is 5.97 Å². The second kappa shape index (κ2) is 5.29. The van der Waals surface area contributed by atoms with E-state index in [9.17, 15) is 4.79 Å². The van der Waals surface area contributed by atoms with Crippen LogP contribution in [-0.4, -0.2) is 39.5 Å². The standard InChI is InChI=1S/C9H13N3O2/c1-12(6-3-9(13)14)7-8-10-4-2-5-11-8/h2,4-5H,3,6-7H2,1H3,(H,13,14). The van der Waals surface area contributed by atoms with Gasteiger partial charge in [0, 0.05) is 18.9 Å². The van der Waals surface area contributed by atoms with E-state index in [1.165, 1.54) is 0 Å². The van der Waals surface area contributed by atoms with Crippen LogP contribution in [0.3, 0.4) is 0 Å². The SMILES string of the molecule is CN(CCC(=O)O)Cc1ncccn1. The zero-order valence-corrected chi connectivity index (χ0v) is 8.05. The van der Waals surface area contributed by atoms with Crippen LogP contribution in [0.4, 0.5) is 0 Å². The van der Waals surface area contributed by atoms with Crippen LogP contribution in [0.1, 0.15) is 12.2 Å². The molecule has 0 aliphatic heterocycles. The van der Waals surface area contributed by atoms with Gasteiger partial charge in [0.2, 0.25) is 0 Å². The Bertz CT molecular complexity index is 289. The molecule has 0 fully saturated rings. The molecule has 0 atom stereocenters. The van der Waals surface area contributed by atoms with Crippen LogP contribution in [0.15, 0.2) is 18.5 Å². The number of aromatic nitrogens is 2. The van der Waals surface area contributed by atoms with E-state index in [1.807, 2.05) is 11.9 Å². The minimum atomic E-state index is -0.786. The molecule has 0 aliphatic carbocycles. The third-order valence-corrected chi connectivity index (χ3v) is 1.74. The van der Waals surface area contributed by atoms with Crippen LogP contribution in [0, 0.1) is 0 Å². The molecular weight excluding hydrogens is 182 g/mol. The number of hydrogen-bond donors (Lipinski definition) is 1. The first-order chi connectivity index (χ1) is 6.68. The third-order valence-electron chi connectivity index (χ3n) is 1.74. The molecule has 1 rings (SSSR count). The lowest BCUT2D eigenvalue weighted by molar-refractivity contribution is -0.137. The monoisotopic (exact) mass is 195 g/mol. The van der Waals surface area contributed by atoms with Gasteiger partial charge in [-0.2, -0.15) is 0 Å². The lowest BCUT2D eigenvalue weighted by Crippen LogP contribution is -2.22. The predicted molar refractivity (Wildman–Crippen MR) is 50.6 cm³/mol. The van der Waals surface area contributed by atoms with E-state index in [4.69, 9.17) is 5.11 Å². The van der Waals surface area contributed by atoms with Crippen molar-refractivity contribution in [2.45, 2.75) is 13.0 Å². The molecule has 5 nitrogen and oxygen atoms in total. The zero-order valence-electron chi connectivity index (χ0n) is 8.05. The molecule has 0 saturated heterocycles. The Hall–Kier alpha value is -1.49. The molecule has 0 bridgehead atoms. The fourth-order valence-corrected chi connectivity index (χ4v) is 1.02. The minimum absolute atomic E-state index is 0.142. The highest BCUT2D eigenvalue weighted by Gasteiger charge is 2.04. The first kappa shape index (κ1) is 10.6. The number of aliphatic carboxylic acids is 1.